The van der Waals surface area contributed by atoms with Crippen LogP contribution in [-0.2, 0) is 19.5 Å². The van der Waals surface area contributed by atoms with Crippen molar-refractivity contribution in [2.24, 2.45) is 0 Å². The standard InChI is InChI=1S/C18H33P.C7H6Cl2.Ru/c1-4-10-16(11-5-1)19(17-12-6-2-7-13-17)18-14-8-3-9-15-18;8-7(9)6-4-2-1-3-5-6;/h16-18H,1-15H2;1-5,7H;. The first-order valence-corrected chi connectivity index (χ1v) is 14.3. The van der Waals surface area contributed by atoms with Crippen LogP contribution in [0.4, 0.5) is 0 Å². The van der Waals surface area contributed by atoms with E-state index >= 15 is 0 Å². The number of halogens is 2. The van der Waals surface area contributed by atoms with Crippen LogP contribution in [0.2, 0.25) is 0 Å². The molecule has 0 saturated heterocycles. The van der Waals surface area contributed by atoms with Crippen LogP contribution < -0.4 is 0 Å². The summed E-state index contributed by atoms with van der Waals surface area (Å²) in [6.07, 6.45) is 23.6. The number of benzene rings is 1. The Morgan fingerprint density at radius 1 is 0.586 bits per heavy atom. The molecule has 0 heterocycles. The molecule has 166 valence electrons. The summed E-state index contributed by atoms with van der Waals surface area (Å²) in [6.45, 7) is 0. The van der Waals surface area contributed by atoms with Gasteiger partial charge in [-0.3, -0.25) is 0 Å². The topological polar surface area (TPSA) is 0 Å². The summed E-state index contributed by atoms with van der Waals surface area (Å²) < 4.78 is 0. The number of hydrogen-bond acceptors (Lipinski definition) is 0. The van der Waals surface area contributed by atoms with Crippen molar-refractivity contribution in [3.8, 4) is 0 Å². The Morgan fingerprint density at radius 3 is 1.21 bits per heavy atom. The molecule has 0 atom stereocenters. The maximum absolute atomic E-state index is 5.57. The van der Waals surface area contributed by atoms with E-state index in [1.54, 1.807) is 77.0 Å². The largest absolute Gasteiger partial charge is 0.132 e. The zero-order valence-electron chi connectivity index (χ0n) is 17.9. The smallest absolute Gasteiger partial charge is 0.100 e. The second kappa shape index (κ2) is 14.8. The number of alkyl halides is 2. The molecule has 0 radical (unpaired) electrons. The summed E-state index contributed by atoms with van der Waals surface area (Å²) in [4.78, 5) is -0.397. The van der Waals surface area contributed by atoms with E-state index in [-0.39, 0.29) is 19.5 Å². The molecule has 1 aromatic carbocycles. The molecule has 0 aliphatic heterocycles. The molecule has 3 fully saturated rings. The Labute approximate surface area is 203 Å². The summed E-state index contributed by atoms with van der Waals surface area (Å²) in [7, 11) is 0.385. The third kappa shape index (κ3) is 8.72. The SMILES string of the molecule is C1CCC(P(C2CCCCC2)C2CCCCC2)CC1.ClC(Cl)c1ccccc1.[Ru]. The second-order valence-electron chi connectivity index (χ2n) is 9.03. The van der Waals surface area contributed by atoms with Gasteiger partial charge in [0.05, 0.1) is 0 Å². The molecule has 29 heavy (non-hydrogen) atoms. The van der Waals surface area contributed by atoms with E-state index in [0.29, 0.717) is 7.92 Å². The Bertz CT molecular complexity index is 478. The molecule has 0 amide bonds. The van der Waals surface area contributed by atoms with Gasteiger partial charge >= 0.3 is 0 Å². The summed E-state index contributed by atoms with van der Waals surface area (Å²) in [5.41, 5.74) is 4.51. The van der Waals surface area contributed by atoms with Gasteiger partial charge in [-0.25, -0.2) is 0 Å². The molecule has 0 N–H and O–H groups in total. The fourth-order valence-electron chi connectivity index (χ4n) is 5.63. The van der Waals surface area contributed by atoms with E-state index < -0.39 is 4.84 Å². The van der Waals surface area contributed by atoms with Gasteiger partial charge in [0.15, 0.2) is 0 Å². The van der Waals surface area contributed by atoms with Crippen LogP contribution in [-0.4, -0.2) is 17.0 Å². The van der Waals surface area contributed by atoms with E-state index in [2.05, 4.69) is 0 Å². The van der Waals surface area contributed by atoms with Crippen molar-refractivity contribution in [1.82, 2.24) is 0 Å². The van der Waals surface area contributed by atoms with Crippen LogP contribution in [0, 0.1) is 0 Å². The third-order valence-corrected chi connectivity index (χ3v) is 11.6. The van der Waals surface area contributed by atoms with E-state index in [1.807, 2.05) is 30.3 Å². The van der Waals surface area contributed by atoms with Gasteiger partial charge in [0.1, 0.15) is 4.84 Å². The molecule has 3 saturated carbocycles. The van der Waals surface area contributed by atoms with E-state index in [9.17, 15) is 0 Å². The van der Waals surface area contributed by atoms with Crippen LogP contribution in [0.3, 0.4) is 0 Å². The fraction of sp³-hybridized carbons (Fsp3) is 0.760. The predicted molar refractivity (Wildman–Crippen MR) is 128 cm³/mol. The molecule has 0 nitrogen and oxygen atoms in total. The Hall–Kier alpha value is 0.853. The summed E-state index contributed by atoms with van der Waals surface area (Å²) in [5.74, 6) is 0. The van der Waals surface area contributed by atoms with Gasteiger partial charge in [-0.15, -0.1) is 23.2 Å². The van der Waals surface area contributed by atoms with Crippen molar-refractivity contribution in [2.75, 3.05) is 0 Å². The van der Waals surface area contributed by atoms with E-state index in [1.165, 1.54) is 36.2 Å². The first-order valence-electron chi connectivity index (χ1n) is 11.9. The van der Waals surface area contributed by atoms with Crippen molar-refractivity contribution >= 4 is 31.1 Å². The van der Waals surface area contributed by atoms with Gasteiger partial charge < -0.3 is 0 Å². The molecule has 4 heteroatoms. The summed E-state index contributed by atoms with van der Waals surface area (Å²) >= 11 is 11.1. The summed E-state index contributed by atoms with van der Waals surface area (Å²) in [5, 5.41) is 0. The zero-order chi connectivity index (χ0) is 19.6. The third-order valence-electron chi connectivity index (χ3n) is 7.04. The monoisotopic (exact) mass is 542 g/mol. The van der Waals surface area contributed by atoms with Crippen LogP contribution in [0.1, 0.15) is 107 Å². The maximum Gasteiger partial charge on any atom is 0.132 e. The van der Waals surface area contributed by atoms with Crippen LogP contribution >= 0.6 is 31.1 Å². The van der Waals surface area contributed by atoms with Crippen molar-refractivity contribution in [1.29, 1.82) is 0 Å². The Morgan fingerprint density at radius 2 is 0.931 bits per heavy atom. The van der Waals surface area contributed by atoms with Gasteiger partial charge in [0.25, 0.3) is 0 Å². The number of rotatable bonds is 4. The van der Waals surface area contributed by atoms with E-state index in [4.69, 9.17) is 23.2 Å². The van der Waals surface area contributed by atoms with Crippen LogP contribution in [0.25, 0.3) is 0 Å². The Kier molecular flexibility index (Phi) is 13.3. The van der Waals surface area contributed by atoms with Crippen molar-refractivity contribution < 1.29 is 19.5 Å². The minimum atomic E-state index is -0.397. The van der Waals surface area contributed by atoms with Gasteiger partial charge in [0.2, 0.25) is 0 Å². The molecular weight excluding hydrogens is 503 g/mol. The molecule has 0 spiro atoms. The van der Waals surface area contributed by atoms with Gasteiger partial charge in [0, 0.05) is 19.5 Å². The molecule has 0 aromatic heterocycles. The van der Waals surface area contributed by atoms with Crippen molar-refractivity contribution in [3.63, 3.8) is 0 Å². The zero-order valence-corrected chi connectivity index (χ0v) is 22.0. The molecule has 0 bridgehead atoms. The van der Waals surface area contributed by atoms with E-state index in [0.717, 1.165) is 5.56 Å². The predicted octanol–water partition coefficient (Wildman–Crippen LogP) is 9.63. The van der Waals surface area contributed by atoms with Crippen molar-refractivity contribution in [3.05, 3.63) is 35.9 Å². The Balaban J connectivity index is 0.000000255. The first-order chi connectivity index (χ1) is 13.8. The molecular formula is C25H39Cl2PRu. The normalized spacial score (nSPS) is 22.1. The average molecular weight is 543 g/mol. The second-order valence-corrected chi connectivity index (χ2v) is 13.2. The van der Waals surface area contributed by atoms with Crippen molar-refractivity contribution in [2.45, 2.75) is 118 Å². The van der Waals surface area contributed by atoms with Gasteiger partial charge in [-0.05, 0) is 61.1 Å². The molecule has 0 unspecified atom stereocenters. The maximum atomic E-state index is 5.57. The minimum absolute atomic E-state index is 0. The molecule has 3 aliphatic carbocycles. The minimum Gasteiger partial charge on any atom is -0.100 e. The number of hydrogen-bond donors (Lipinski definition) is 0. The fourth-order valence-corrected chi connectivity index (χ4v) is 10.6. The summed E-state index contributed by atoms with van der Waals surface area (Å²) in [6, 6.07) is 9.54. The van der Waals surface area contributed by atoms with Crippen LogP contribution in [0.15, 0.2) is 30.3 Å². The van der Waals surface area contributed by atoms with Gasteiger partial charge in [-0.2, -0.15) is 0 Å². The molecule has 3 aliphatic rings. The van der Waals surface area contributed by atoms with Gasteiger partial charge in [-0.1, -0.05) is 96.0 Å². The molecule has 4 rings (SSSR count). The quantitative estimate of drug-likeness (QED) is 0.202. The first kappa shape index (κ1) is 26.1. The molecule has 1 aromatic rings. The van der Waals surface area contributed by atoms with Crippen LogP contribution in [0.5, 0.6) is 0 Å². The average Bonchev–Trinajstić information content (AvgIpc) is 2.77.